The zero-order valence-electron chi connectivity index (χ0n) is 11.9. The number of hydrogen-bond acceptors (Lipinski definition) is 1. The van der Waals surface area contributed by atoms with Crippen LogP contribution in [0, 0.1) is 5.82 Å². The highest BCUT2D eigenvalue weighted by atomic mass is 79.9. The second-order valence-electron chi connectivity index (χ2n) is 5.01. The van der Waals surface area contributed by atoms with Crippen molar-refractivity contribution in [3.05, 3.63) is 63.3 Å². The Hall–Kier alpha value is -1.06. The largest absolute Gasteiger partial charge is 0.377 e. The molecule has 0 saturated heterocycles. The van der Waals surface area contributed by atoms with Crippen LogP contribution in [0.5, 0.6) is 0 Å². The van der Waals surface area contributed by atoms with Gasteiger partial charge in [-0.2, -0.15) is 0 Å². The molecule has 0 radical (unpaired) electrons. The van der Waals surface area contributed by atoms with Crippen LogP contribution in [-0.4, -0.2) is 0 Å². The number of hydrogen-bond donors (Lipinski definition) is 1. The van der Waals surface area contributed by atoms with Gasteiger partial charge in [0.25, 0.3) is 0 Å². The molecular weight excluding hydrogens is 353 g/mol. The summed E-state index contributed by atoms with van der Waals surface area (Å²) >= 11 is 9.59. The van der Waals surface area contributed by atoms with Crippen molar-refractivity contribution in [1.29, 1.82) is 0 Å². The van der Waals surface area contributed by atoms with Crippen molar-refractivity contribution in [3.8, 4) is 0 Å². The lowest BCUT2D eigenvalue weighted by molar-refractivity contribution is 0.616. The molecule has 112 valence electrons. The minimum Gasteiger partial charge on any atom is -0.377 e. The minimum atomic E-state index is -0.211. The second kappa shape index (κ2) is 7.81. The van der Waals surface area contributed by atoms with Gasteiger partial charge in [0.15, 0.2) is 0 Å². The first kappa shape index (κ1) is 16.3. The van der Waals surface area contributed by atoms with E-state index in [1.54, 1.807) is 0 Å². The molecule has 2 aromatic carbocycles. The van der Waals surface area contributed by atoms with Gasteiger partial charge in [0.05, 0.1) is 11.7 Å². The first-order valence-corrected chi connectivity index (χ1v) is 8.24. The molecule has 0 heterocycles. The summed E-state index contributed by atoms with van der Waals surface area (Å²) in [5.41, 5.74) is 2.03. The summed E-state index contributed by atoms with van der Waals surface area (Å²) in [7, 11) is 0. The van der Waals surface area contributed by atoms with Crippen molar-refractivity contribution < 1.29 is 4.39 Å². The van der Waals surface area contributed by atoms with Gasteiger partial charge < -0.3 is 5.32 Å². The maximum Gasteiger partial charge on any atom is 0.123 e. The van der Waals surface area contributed by atoms with Crippen LogP contribution in [0.15, 0.2) is 46.9 Å². The molecule has 1 nitrogen and oxygen atoms in total. The number of rotatable bonds is 6. The first-order valence-electron chi connectivity index (χ1n) is 7.07. The molecule has 0 spiro atoms. The smallest absolute Gasteiger partial charge is 0.123 e. The molecule has 0 aromatic heterocycles. The normalized spacial score (nSPS) is 12.2. The van der Waals surface area contributed by atoms with Crippen LogP contribution in [0.1, 0.15) is 37.8 Å². The van der Waals surface area contributed by atoms with Crippen LogP contribution in [-0.2, 0) is 0 Å². The molecular formula is C17H18BrClFN. The Morgan fingerprint density at radius 2 is 1.90 bits per heavy atom. The maximum absolute atomic E-state index is 13.1. The van der Waals surface area contributed by atoms with Crippen LogP contribution in [0.3, 0.4) is 0 Å². The molecule has 0 aliphatic heterocycles. The van der Waals surface area contributed by atoms with E-state index in [1.807, 2.05) is 30.3 Å². The zero-order chi connectivity index (χ0) is 15.2. The second-order valence-corrected chi connectivity index (χ2v) is 6.31. The van der Waals surface area contributed by atoms with Gasteiger partial charge in [0.1, 0.15) is 5.82 Å². The molecule has 2 aromatic rings. The van der Waals surface area contributed by atoms with Crippen molar-refractivity contribution in [1.82, 2.24) is 0 Å². The van der Waals surface area contributed by atoms with E-state index >= 15 is 0 Å². The standard InChI is InChI=1S/C17H18BrClFN/c1-2-3-4-16(12-5-8-14(20)9-6-12)21-17-11-13(19)7-10-15(17)18/h5-11,16,21H,2-4H2,1H3. The highest BCUT2D eigenvalue weighted by molar-refractivity contribution is 9.10. The summed E-state index contributed by atoms with van der Waals surface area (Å²) in [5, 5.41) is 4.19. The zero-order valence-corrected chi connectivity index (χ0v) is 14.2. The first-order chi connectivity index (χ1) is 10.1. The molecule has 1 N–H and O–H groups in total. The lowest BCUT2D eigenvalue weighted by Gasteiger charge is -2.21. The van der Waals surface area contributed by atoms with Gasteiger partial charge >= 0.3 is 0 Å². The van der Waals surface area contributed by atoms with E-state index in [0.29, 0.717) is 5.02 Å². The number of unbranched alkanes of at least 4 members (excludes halogenated alkanes) is 1. The molecule has 1 unspecified atom stereocenters. The van der Waals surface area contributed by atoms with Crippen LogP contribution in [0.2, 0.25) is 5.02 Å². The Balaban J connectivity index is 2.23. The highest BCUT2D eigenvalue weighted by Crippen LogP contribution is 2.31. The van der Waals surface area contributed by atoms with Crippen LogP contribution < -0.4 is 5.32 Å². The van der Waals surface area contributed by atoms with Gasteiger partial charge in [0, 0.05) is 9.50 Å². The van der Waals surface area contributed by atoms with Crippen LogP contribution >= 0.6 is 27.5 Å². The van der Waals surface area contributed by atoms with E-state index < -0.39 is 0 Å². The molecule has 0 aliphatic carbocycles. The predicted molar refractivity (Wildman–Crippen MR) is 91.4 cm³/mol. The summed E-state index contributed by atoms with van der Waals surface area (Å²) in [6.07, 6.45) is 3.21. The molecule has 0 bridgehead atoms. The fraction of sp³-hybridized carbons (Fsp3) is 0.294. The van der Waals surface area contributed by atoms with Gasteiger partial charge in [-0.3, -0.25) is 0 Å². The average Bonchev–Trinajstić information content (AvgIpc) is 2.48. The Kier molecular flexibility index (Phi) is 6.07. The number of halogens is 3. The Morgan fingerprint density at radius 3 is 2.57 bits per heavy atom. The van der Waals surface area contributed by atoms with Crippen molar-refractivity contribution in [3.63, 3.8) is 0 Å². The Bertz CT molecular complexity index is 586. The van der Waals surface area contributed by atoms with Crippen molar-refractivity contribution in [2.75, 3.05) is 5.32 Å². The van der Waals surface area contributed by atoms with E-state index in [0.717, 1.165) is 35.0 Å². The summed E-state index contributed by atoms with van der Waals surface area (Å²) in [4.78, 5) is 0. The summed E-state index contributed by atoms with van der Waals surface area (Å²) in [6, 6.07) is 12.5. The SMILES string of the molecule is CCCCC(Nc1cc(Cl)ccc1Br)c1ccc(F)cc1. The quantitative estimate of drug-likeness (QED) is 0.605. The van der Waals surface area contributed by atoms with Crippen LogP contribution in [0.4, 0.5) is 10.1 Å². The van der Waals surface area contributed by atoms with E-state index in [4.69, 9.17) is 11.6 Å². The number of benzene rings is 2. The predicted octanol–water partition coefficient (Wildman–Crippen LogP) is 6.59. The summed E-state index contributed by atoms with van der Waals surface area (Å²) < 4.78 is 14.1. The van der Waals surface area contributed by atoms with Crippen molar-refractivity contribution >= 4 is 33.2 Å². The van der Waals surface area contributed by atoms with E-state index in [1.165, 1.54) is 12.1 Å². The number of nitrogens with one attached hydrogen (secondary N) is 1. The third kappa shape index (κ3) is 4.72. The van der Waals surface area contributed by atoms with Gasteiger partial charge in [-0.25, -0.2) is 4.39 Å². The lowest BCUT2D eigenvalue weighted by Crippen LogP contribution is -2.11. The fourth-order valence-electron chi connectivity index (χ4n) is 2.22. The maximum atomic E-state index is 13.1. The molecule has 0 aliphatic rings. The number of anilines is 1. The summed E-state index contributed by atoms with van der Waals surface area (Å²) in [5.74, 6) is -0.211. The molecule has 21 heavy (non-hydrogen) atoms. The third-order valence-electron chi connectivity index (χ3n) is 3.38. The molecule has 2 rings (SSSR count). The van der Waals surface area contributed by atoms with E-state index in [2.05, 4.69) is 28.2 Å². The van der Waals surface area contributed by atoms with Crippen LogP contribution in [0.25, 0.3) is 0 Å². The average molecular weight is 371 g/mol. The van der Waals surface area contributed by atoms with Crippen molar-refractivity contribution in [2.24, 2.45) is 0 Å². The van der Waals surface area contributed by atoms with E-state index in [-0.39, 0.29) is 11.9 Å². The fourth-order valence-corrected chi connectivity index (χ4v) is 2.75. The van der Waals surface area contributed by atoms with Gasteiger partial charge in [-0.15, -0.1) is 0 Å². The molecule has 4 heteroatoms. The van der Waals surface area contributed by atoms with Gasteiger partial charge in [-0.05, 0) is 58.2 Å². The molecule has 1 atom stereocenters. The topological polar surface area (TPSA) is 12.0 Å². The molecule has 0 saturated carbocycles. The van der Waals surface area contributed by atoms with Crippen molar-refractivity contribution in [2.45, 2.75) is 32.2 Å². The monoisotopic (exact) mass is 369 g/mol. The third-order valence-corrected chi connectivity index (χ3v) is 4.30. The Morgan fingerprint density at radius 1 is 1.19 bits per heavy atom. The molecule has 0 fully saturated rings. The van der Waals surface area contributed by atoms with Gasteiger partial charge in [-0.1, -0.05) is 43.5 Å². The highest BCUT2D eigenvalue weighted by Gasteiger charge is 2.13. The van der Waals surface area contributed by atoms with E-state index in [9.17, 15) is 4.39 Å². The Labute approximate surface area is 138 Å². The lowest BCUT2D eigenvalue weighted by atomic mass is 10.0. The molecule has 0 amide bonds. The summed E-state index contributed by atoms with van der Waals surface area (Å²) in [6.45, 7) is 2.16. The van der Waals surface area contributed by atoms with Gasteiger partial charge in [0.2, 0.25) is 0 Å². The minimum absolute atomic E-state index is 0.139.